The second-order valence-corrected chi connectivity index (χ2v) is 5.70. The molecule has 6 heteroatoms. The average molecular weight is 442 g/mol. The molecule has 0 radical (unpaired) electrons. The maximum Gasteiger partial charge on any atom is 0.224 e. The Labute approximate surface area is 161 Å². The van der Waals surface area contributed by atoms with E-state index in [0.29, 0.717) is 19.0 Å². The van der Waals surface area contributed by atoms with Crippen LogP contribution in [0.4, 0.5) is 5.69 Å². The van der Waals surface area contributed by atoms with Gasteiger partial charge in [0.25, 0.3) is 0 Å². The van der Waals surface area contributed by atoms with Gasteiger partial charge in [-0.05, 0) is 37.0 Å². The molecule has 1 amide bonds. The first kappa shape index (κ1) is 20.5. The molecule has 0 heterocycles. The summed E-state index contributed by atoms with van der Waals surface area (Å²) in [6, 6.07) is 8.33. The molecule has 0 saturated heterocycles. The Balaban J connectivity index is 0.00000288. The van der Waals surface area contributed by atoms with Crippen molar-refractivity contribution in [3.05, 3.63) is 42.0 Å². The minimum atomic E-state index is 0. The molecule has 1 aliphatic rings. The van der Waals surface area contributed by atoms with Gasteiger partial charge in [-0.2, -0.15) is 0 Å². The number of rotatable bonds is 6. The largest absolute Gasteiger partial charge is 0.353 e. The van der Waals surface area contributed by atoms with Crippen LogP contribution >= 0.6 is 24.0 Å². The normalized spacial score (nSPS) is 14.2. The second-order valence-electron chi connectivity index (χ2n) is 5.70. The van der Waals surface area contributed by atoms with Gasteiger partial charge in [0.1, 0.15) is 0 Å². The summed E-state index contributed by atoms with van der Waals surface area (Å²) in [4.78, 5) is 15.8. The predicted molar refractivity (Wildman–Crippen MR) is 111 cm³/mol. The number of guanidine groups is 1. The molecule has 24 heavy (non-hydrogen) atoms. The van der Waals surface area contributed by atoms with Gasteiger partial charge in [-0.25, -0.2) is 0 Å². The van der Waals surface area contributed by atoms with Crippen molar-refractivity contribution >= 4 is 41.5 Å². The number of hydrogen-bond donors (Lipinski definition) is 3. The van der Waals surface area contributed by atoms with Crippen molar-refractivity contribution in [2.75, 3.05) is 12.4 Å². The van der Waals surface area contributed by atoms with Gasteiger partial charge in [0.2, 0.25) is 5.91 Å². The SMILES string of the molecule is CCCC(=O)Nc1ccc(CNC(=NC)NC2CC=CC2)cc1.I. The molecule has 0 atom stereocenters. The van der Waals surface area contributed by atoms with Gasteiger partial charge in [0.05, 0.1) is 0 Å². The maximum absolute atomic E-state index is 11.6. The van der Waals surface area contributed by atoms with Crippen LogP contribution in [-0.2, 0) is 11.3 Å². The minimum Gasteiger partial charge on any atom is -0.353 e. The Morgan fingerprint density at radius 3 is 2.46 bits per heavy atom. The third kappa shape index (κ3) is 6.90. The summed E-state index contributed by atoms with van der Waals surface area (Å²) in [6.45, 7) is 2.69. The number of carbonyl (C=O) groups is 1. The van der Waals surface area contributed by atoms with Crippen molar-refractivity contribution in [2.24, 2.45) is 4.99 Å². The highest BCUT2D eigenvalue weighted by molar-refractivity contribution is 14.0. The maximum atomic E-state index is 11.6. The molecule has 0 unspecified atom stereocenters. The molecule has 0 bridgehead atoms. The van der Waals surface area contributed by atoms with Crippen LogP contribution < -0.4 is 16.0 Å². The molecule has 1 aromatic carbocycles. The standard InChI is InChI=1S/C18H26N4O.HI/c1-3-6-17(23)21-16-11-9-14(10-12-16)13-20-18(19-2)22-15-7-4-5-8-15;/h4-5,9-12,15H,3,6-8,13H2,1-2H3,(H,21,23)(H2,19,20,22);1H. The Hall–Kier alpha value is -1.57. The van der Waals surface area contributed by atoms with Crippen LogP contribution in [0, 0.1) is 0 Å². The lowest BCUT2D eigenvalue weighted by atomic mass is 10.2. The monoisotopic (exact) mass is 442 g/mol. The summed E-state index contributed by atoms with van der Waals surface area (Å²) >= 11 is 0. The van der Waals surface area contributed by atoms with E-state index in [2.05, 4.69) is 33.1 Å². The summed E-state index contributed by atoms with van der Waals surface area (Å²) in [5, 5.41) is 9.62. The highest BCUT2D eigenvalue weighted by atomic mass is 127. The number of aliphatic imine (C=N–C) groups is 1. The zero-order valence-corrected chi connectivity index (χ0v) is 16.7. The van der Waals surface area contributed by atoms with Crippen LogP contribution in [0.5, 0.6) is 0 Å². The smallest absolute Gasteiger partial charge is 0.224 e. The first-order valence-electron chi connectivity index (χ1n) is 8.22. The van der Waals surface area contributed by atoms with Crippen LogP contribution in [0.2, 0.25) is 0 Å². The molecule has 2 rings (SSSR count). The van der Waals surface area contributed by atoms with Crippen molar-refractivity contribution < 1.29 is 4.79 Å². The van der Waals surface area contributed by atoms with Crippen molar-refractivity contribution in [1.29, 1.82) is 0 Å². The van der Waals surface area contributed by atoms with E-state index in [1.165, 1.54) is 0 Å². The van der Waals surface area contributed by atoms with Gasteiger partial charge in [-0.15, -0.1) is 24.0 Å². The summed E-state index contributed by atoms with van der Waals surface area (Å²) in [5.74, 6) is 0.882. The molecular weight excluding hydrogens is 415 g/mol. The fraction of sp³-hybridized carbons (Fsp3) is 0.444. The minimum absolute atomic E-state index is 0. The van der Waals surface area contributed by atoms with Crippen molar-refractivity contribution in [2.45, 2.75) is 45.2 Å². The summed E-state index contributed by atoms with van der Waals surface area (Å²) < 4.78 is 0. The molecule has 132 valence electrons. The number of nitrogens with one attached hydrogen (secondary N) is 3. The van der Waals surface area contributed by atoms with Gasteiger partial charge in [-0.1, -0.05) is 31.2 Å². The Kier molecular flexibility index (Phi) is 9.44. The number of nitrogens with zero attached hydrogens (tertiary/aromatic N) is 1. The van der Waals surface area contributed by atoms with E-state index in [1.54, 1.807) is 7.05 Å². The molecular formula is C18H27IN4O. The van der Waals surface area contributed by atoms with E-state index in [9.17, 15) is 4.79 Å². The van der Waals surface area contributed by atoms with Crippen LogP contribution in [0.25, 0.3) is 0 Å². The summed E-state index contributed by atoms with van der Waals surface area (Å²) in [6.07, 6.45) is 7.89. The lowest BCUT2D eigenvalue weighted by molar-refractivity contribution is -0.116. The number of anilines is 1. The van der Waals surface area contributed by atoms with Crippen LogP contribution in [0.15, 0.2) is 41.4 Å². The van der Waals surface area contributed by atoms with E-state index in [-0.39, 0.29) is 29.9 Å². The van der Waals surface area contributed by atoms with E-state index in [0.717, 1.165) is 36.5 Å². The summed E-state index contributed by atoms with van der Waals surface area (Å²) in [7, 11) is 1.78. The third-order valence-corrected chi connectivity index (χ3v) is 3.75. The van der Waals surface area contributed by atoms with Crippen molar-refractivity contribution in [3.63, 3.8) is 0 Å². The average Bonchev–Trinajstić information content (AvgIpc) is 3.06. The molecule has 5 nitrogen and oxygen atoms in total. The number of hydrogen-bond acceptors (Lipinski definition) is 2. The highest BCUT2D eigenvalue weighted by Crippen LogP contribution is 2.11. The fourth-order valence-corrected chi connectivity index (χ4v) is 2.47. The van der Waals surface area contributed by atoms with Gasteiger partial charge in [0.15, 0.2) is 5.96 Å². The number of benzene rings is 1. The molecule has 1 aliphatic carbocycles. The zero-order chi connectivity index (χ0) is 16.5. The van der Waals surface area contributed by atoms with Gasteiger partial charge >= 0.3 is 0 Å². The second kappa shape index (κ2) is 11.1. The topological polar surface area (TPSA) is 65.5 Å². The quantitative estimate of drug-likeness (QED) is 0.274. The molecule has 0 aromatic heterocycles. The van der Waals surface area contributed by atoms with Crippen molar-refractivity contribution in [3.8, 4) is 0 Å². The summed E-state index contributed by atoms with van der Waals surface area (Å²) in [5.41, 5.74) is 1.98. The molecule has 0 spiro atoms. The Morgan fingerprint density at radius 2 is 1.88 bits per heavy atom. The zero-order valence-electron chi connectivity index (χ0n) is 14.3. The fourth-order valence-electron chi connectivity index (χ4n) is 2.47. The van der Waals surface area contributed by atoms with E-state index >= 15 is 0 Å². The van der Waals surface area contributed by atoms with E-state index in [4.69, 9.17) is 0 Å². The molecule has 3 N–H and O–H groups in total. The third-order valence-electron chi connectivity index (χ3n) is 3.75. The lowest BCUT2D eigenvalue weighted by Crippen LogP contribution is -2.42. The van der Waals surface area contributed by atoms with Crippen molar-refractivity contribution in [1.82, 2.24) is 10.6 Å². The Bertz CT molecular complexity index is 561. The van der Waals surface area contributed by atoms with Crippen LogP contribution in [0.1, 0.15) is 38.2 Å². The molecule has 0 saturated carbocycles. The molecule has 0 fully saturated rings. The Morgan fingerprint density at radius 1 is 1.21 bits per heavy atom. The number of amides is 1. The van der Waals surface area contributed by atoms with Gasteiger partial charge in [-0.3, -0.25) is 9.79 Å². The predicted octanol–water partition coefficient (Wildman–Crippen LogP) is 3.43. The molecule has 0 aliphatic heterocycles. The van der Waals surface area contributed by atoms with Crippen LogP contribution in [0.3, 0.4) is 0 Å². The number of halogens is 1. The van der Waals surface area contributed by atoms with E-state index < -0.39 is 0 Å². The highest BCUT2D eigenvalue weighted by Gasteiger charge is 2.11. The first-order valence-corrected chi connectivity index (χ1v) is 8.22. The van der Waals surface area contributed by atoms with Gasteiger partial charge < -0.3 is 16.0 Å². The lowest BCUT2D eigenvalue weighted by Gasteiger charge is -2.17. The molecule has 1 aromatic rings. The van der Waals surface area contributed by atoms with E-state index in [1.807, 2.05) is 31.2 Å². The number of carbonyl (C=O) groups excluding carboxylic acids is 1. The first-order chi connectivity index (χ1) is 11.2. The van der Waals surface area contributed by atoms with Gasteiger partial charge in [0, 0.05) is 31.7 Å². The van der Waals surface area contributed by atoms with Crippen LogP contribution in [-0.4, -0.2) is 25.0 Å².